The van der Waals surface area contributed by atoms with Gasteiger partial charge in [-0.15, -0.1) is 0 Å². The van der Waals surface area contributed by atoms with Gasteiger partial charge < -0.3 is 8.98 Å². The van der Waals surface area contributed by atoms with E-state index in [0.29, 0.717) is 21.9 Å². The average molecular weight is 555 g/mol. The van der Waals surface area contributed by atoms with Crippen LogP contribution >= 0.6 is 0 Å². The summed E-state index contributed by atoms with van der Waals surface area (Å²) in [4.78, 5) is 18.1. The van der Waals surface area contributed by atoms with Crippen LogP contribution in [0, 0.1) is 0 Å². The van der Waals surface area contributed by atoms with E-state index in [1.54, 1.807) is 0 Å². The number of hydrogen-bond acceptors (Lipinski definition) is 3. The zero-order valence-electron chi connectivity index (χ0n) is 23.8. The Kier molecular flexibility index (Phi) is 4.79. The third-order valence-corrected chi connectivity index (χ3v) is 9.26. The first kappa shape index (κ1) is 24.2. The van der Waals surface area contributed by atoms with Crippen LogP contribution in [0.1, 0.15) is 25.0 Å². The monoisotopic (exact) mass is 554 g/mol. The van der Waals surface area contributed by atoms with Gasteiger partial charge in [-0.1, -0.05) is 68.4 Å². The molecule has 0 atom stereocenters. The van der Waals surface area contributed by atoms with Crippen LogP contribution in [0.4, 0.5) is 0 Å². The number of rotatable bonds is 2. The fourth-order valence-electron chi connectivity index (χ4n) is 7.09. The van der Waals surface area contributed by atoms with Crippen LogP contribution < -0.4 is 5.43 Å². The maximum absolute atomic E-state index is 13.3. The predicted molar refractivity (Wildman–Crippen MR) is 175 cm³/mol. The van der Waals surface area contributed by atoms with Crippen LogP contribution in [0.3, 0.4) is 0 Å². The molecule has 4 heteroatoms. The second-order valence-electron chi connectivity index (χ2n) is 12.0. The Morgan fingerprint density at radius 1 is 0.628 bits per heavy atom. The van der Waals surface area contributed by atoms with Gasteiger partial charge in [0, 0.05) is 22.7 Å². The van der Waals surface area contributed by atoms with E-state index in [1.165, 1.54) is 22.3 Å². The van der Waals surface area contributed by atoms with Crippen molar-refractivity contribution in [2.24, 2.45) is 0 Å². The molecule has 0 fully saturated rings. The van der Waals surface area contributed by atoms with Crippen molar-refractivity contribution in [3.63, 3.8) is 0 Å². The molecule has 1 aliphatic rings. The second-order valence-corrected chi connectivity index (χ2v) is 12.0. The van der Waals surface area contributed by atoms with E-state index >= 15 is 0 Å². The van der Waals surface area contributed by atoms with Gasteiger partial charge in [0.25, 0.3) is 0 Å². The number of hydrogen-bond donors (Lipinski definition) is 0. The molecule has 0 aliphatic heterocycles. The zero-order valence-corrected chi connectivity index (χ0v) is 23.8. The third kappa shape index (κ3) is 3.32. The van der Waals surface area contributed by atoms with Crippen molar-refractivity contribution in [1.82, 2.24) is 9.55 Å². The van der Waals surface area contributed by atoms with Gasteiger partial charge in [0.05, 0.1) is 27.3 Å². The van der Waals surface area contributed by atoms with Gasteiger partial charge in [-0.2, -0.15) is 0 Å². The fourth-order valence-corrected chi connectivity index (χ4v) is 7.09. The van der Waals surface area contributed by atoms with Gasteiger partial charge in [0.15, 0.2) is 0 Å². The number of aromatic nitrogens is 2. The first-order chi connectivity index (χ1) is 21.0. The van der Waals surface area contributed by atoms with Crippen LogP contribution in [0.5, 0.6) is 0 Å². The molecule has 0 N–H and O–H groups in total. The summed E-state index contributed by atoms with van der Waals surface area (Å²) in [6, 6.07) is 39.4. The molecular formula is C39H26N2O2. The number of fused-ring (bicyclic) bond motifs is 8. The minimum Gasteiger partial charge on any atom is -0.456 e. The van der Waals surface area contributed by atoms with Crippen molar-refractivity contribution in [3.8, 4) is 27.9 Å². The van der Waals surface area contributed by atoms with Gasteiger partial charge in [0.1, 0.15) is 11.2 Å². The molecular weight excluding hydrogens is 528 g/mol. The normalized spacial score (nSPS) is 13.6. The molecule has 0 radical (unpaired) electrons. The minimum absolute atomic E-state index is 0.00860. The summed E-state index contributed by atoms with van der Waals surface area (Å²) in [5.74, 6) is 0. The second kappa shape index (κ2) is 8.52. The molecule has 0 saturated carbocycles. The van der Waals surface area contributed by atoms with E-state index in [-0.39, 0.29) is 10.8 Å². The van der Waals surface area contributed by atoms with Crippen molar-refractivity contribution in [1.29, 1.82) is 0 Å². The average Bonchev–Trinajstić information content (AvgIpc) is 3.49. The lowest BCUT2D eigenvalue weighted by molar-refractivity contribution is 0.660. The first-order valence-corrected chi connectivity index (χ1v) is 14.6. The van der Waals surface area contributed by atoms with Crippen LogP contribution in [-0.2, 0) is 5.41 Å². The number of para-hydroxylation sites is 1. The molecule has 0 bridgehead atoms. The van der Waals surface area contributed by atoms with E-state index in [4.69, 9.17) is 9.40 Å². The Morgan fingerprint density at radius 3 is 2.28 bits per heavy atom. The summed E-state index contributed by atoms with van der Waals surface area (Å²) >= 11 is 0. The molecule has 4 nitrogen and oxygen atoms in total. The lowest BCUT2D eigenvalue weighted by Gasteiger charge is -2.21. The summed E-state index contributed by atoms with van der Waals surface area (Å²) in [5.41, 5.74) is 12.7. The van der Waals surface area contributed by atoms with Gasteiger partial charge in [0.2, 0.25) is 5.43 Å². The molecule has 0 amide bonds. The van der Waals surface area contributed by atoms with Gasteiger partial charge >= 0.3 is 0 Å². The third-order valence-electron chi connectivity index (χ3n) is 9.26. The Bertz CT molecular complexity index is 2500. The molecule has 3 heterocycles. The molecule has 204 valence electrons. The standard InChI is InChI=1S/C39H26N2O2/c1-39(2)31-10-5-3-8-26(31)28-21-29-34(22-32(28)39)41(33-11-7-19-40-37(29)33)25-16-13-23(14-17-25)24-15-18-36-30(20-24)38(42)27-9-4-6-12-35(27)43-36/h3-22H,1-2H3. The SMILES string of the molecule is CC1(C)c2ccccc2-c2cc3c4ncccc4n(-c4ccc(-c5ccc6oc7ccccc7c(=O)c6c5)cc4)c3cc21. The van der Waals surface area contributed by atoms with E-state index in [0.717, 1.165) is 38.8 Å². The highest BCUT2D eigenvalue weighted by Crippen LogP contribution is 2.50. The van der Waals surface area contributed by atoms with E-state index in [9.17, 15) is 4.79 Å². The van der Waals surface area contributed by atoms with Crippen molar-refractivity contribution in [2.75, 3.05) is 0 Å². The molecule has 0 unspecified atom stereocenters. The Morgan fingerprint density at radius 2 is 1.40 bits per heavy atom. The van der Waals surface area contributed by atoms with Crippen molar-refractivity contribution in [2.45, 2.75) is 19.3 Å². The fraction of sp³-hybridized carbons (Fsp3) is 0.0769. The number of benzene rings is 5. The van der Waals surface area contributed by atoms with Crippen LogP contribution in [0.25, 0.3) is 71.8 Å². The molecule has 43 heavy (non-hydrogen) atoms. The summed E-state index contributed by atoms with van der Waals surface area (Å²) in [6.07, 6.45) is 1.87. The van der Waals surface area contributed by atoms with Crippen LogP contribution in [0.2, 0.25) is 0 Å². The van der Waals surface area contributed by atoms with Crippen molar-refractivity contribution < 1.29 is 4.42 Å². The Labute approximate surface area is 247 Å². The summed E-state index contributed by atoms with van der Waals surface area (Å²) in [7, 11) is 0. The molecule has 3 aromatic heterocycles. The predicted octanol–water partition coefficient (Wildman–Crippen LogP) is 9.41. The maximum Gasteiger partial charge on any atom is 0.200 e. The van der Waals surface area contributed by atoms with Crippen LogP contribution in [0.15, 0.2) is 131 Å². The first-order valence-electron chi connectivity index (χ1n) is 14.6. The lowest BCUT2D eigenvalue weighted by atomic mass is 9.82. The molecule has 0 spiro atoms. The Hall–Kier alpha value is -5.48. The van der Waals surface area contributed by atoms with E-state index < -0.39 is 0 Å². The van der Waals surface area contributed by atoms with Crippen molar-refractivity contribution >= 4 is 43.9 Å². The quantitative estimate of drug-likeness (QED) is 0.200. The molecule has 5 aromatic carbocycles. The van der Waals surface area contributed by atoms with Gasteiger partial charge in [-0.25, -0.2) is 0 Å². The minimum atomic E-state index is -0.0905. The highest BCUT2D eigenvalue weighted by Gasteiger charge is 2.36. The molecule has 0 saturated heterocycles. The van der Waals surface area contributed by atoms with Crippen molar-refractivity contribution in [3.05, 3.63) is 143 Å². The highest BCUT2D eigenvalue weighted by molar-refractivity contribution is 6.09. The van der Waals surface area contributed by atoms with Crippen LogP contribution in [-0.4, -0.2) is 9.55 Å². The van der Waals surface area contributed by atoms with E-state index in [2.05, 4.69) is 85.1 Å². The number of nitrogens with zero attached hydrogens (tertiary/aromatic N) is 2. The Balaban J connectivity index is 1.21. The summed E-state index contributed by atoms with van der Waals surface area (Å²) < 4.78 is 8.35. The number of pyridine rings is 1. The summed E-state index contributed by atoms with van der Waals surface area (Å²) in [6.45, 7) is 4.63. The maximum atomic E-state index is 13.3. The van der Waals surface area contributed by atoms with E-state index in [1.807, 2.05) is 54.7 Å². The largest absolute Gasteiger partial charge is 0.456 e. The highest BCUT2D eigenvalue weighted by atomic mass is 16.3. The molecule has 9 rings (SSSR count). The molecule has 1 aliphatic carbocycles. The van der Waals surface area contributed by atoms with Gasteiger partial charge in [-0.3, -0.25) is 9.78 Å². The summed E-state index contributed by atoms with van der Waals surface area (Å²) in [5, 5.41) is 2.34. The smallest absolute Gasteiger partial charge is 0.200 e. The topological polar surface area (TPSA) is 48.0 Å². The lowest BCUT2D eigenvalue weighted by Crippen LogP contribution is -2.14. The molecule has 8 aromatic rings. The van der Waals surface area contributed by atoms with Gasteiger partial charge in [-0.05, 0) is 94.0 Å². The zero-order chi connectivity index (χ0) is 28.9.